The lowest BCUT2D eigenvalue weighted by Gasteiger charge is -2.03. The van der Waals surface area contributed by atoms with E-state index in [1.807, 2.05) is 0 Å². The number of nitrogens with zero attached hydrogens (tertiary/aromatic N) is 1. The lowest BCUT2D eigenvalue weighted by molar-refractivity contribution is -0.385. The van der Waals surface area contributed by atoms with E-state index in [-0.39, 0.29) is 17.9 Å². The zero-order valence-electron chi connectivity index (χ0n) is 8.11. The standard InChI is InChI=1S/C10H11NO3/c1-7(12)6-9-4-3-5-10(8(9)2)11(13)14/h3-5H,6H2,1-2H3. The molecule has 0 aromatic heterocycles. The molecule has 0 heterocycles. The average molecular weight is 193 g/mol. The van der Waals surface area contributed by atoms with Gasteiger partial charge >= 0.3 is 0 Å². The number of benzene rings is 1. The first-order valence-electron chi connectivity index (χ1n) is 4.24. The number of nitro benzene ring substituents is 1. The van der Waals surface area contributed by atoms with Crippen LogP contribution in [0.2, 0.25) is 0 Å². The predicted octanol–water partition coefficient (Wildman–Crippen LogP) is 2.03. The molecule has 4 heteroatoms. The molecule has 1 aromatic rings. The number of nitro groups is 1. The van der Waals surface area contributed by atoms with Crippen molar-refractivity contribution < 1.29 is 9.72 Å². The normalized spacial score (nSPS) is 9.86. The summed E-state index contributed by atoms with van der Waals surface area (Å²) in [5, 5.41) is 10.6. The number of hydrogen-bond acceptors (Lipinski definition) is 3. The van der Waals surface area contributed by atoms with E-state index in [2.05, 4.69) is 0 Å². The van der Waals surface area contributed by atoms with Gasteiger partial charge in [0.05, 0.1) is 4.92 Å². The molecule has 0 aliphatic carbocycles. The van der Waals surface area contributed by atoms with Gasteiger partial charge in [-0.1, -0.05) is 12.1 Å². The van der Waals surface area contributed by atoms with E-state index < -0.39 is 4.92 Å². The summed E-state index contributed by atoms with van der Waals surface area (Å²) in [4.78, 5) is 21.0. The largest absolute Gasteiger partial charge is 0.300 e. The van der Waals surface area contributed by atoms with Crippen molar-refractivity contribution in [1.29, 1.82) is 0 Å². The first kappa shape index (κ1) is 10.4. The molecule has 0 saturated heterocycles. The van der Waals surface area contributed by atoms with Crippen LogP contribution in [0.1, 0.15) is 18.1 Å². The molecular weight excluding hydrogens is 182 g/mol. The van der Waals surface area contributed by atoms with E-state index in [1.165, 1.54) is 13.0 Å². The number of carbonyl (C=O) groups excluding carboxylic acids is 1. The fourth-order valence-electron chi connectivity index (χ4n) is 1.33. The third-order valence-corrected chi connectivity index (χ3v) is 2.05. The molecule has 14 heavy (non-hydrogen) atoms. The van der Waals surface area contributed by atoms with Crippen LogP contribution in [-0.4, -0.2) is 10.7 Å². The Morgan fingerprint density at radius 1 is 1.50 bits per heavy atom. The highest BCUT2D eigenvalue weighted by Crippen LogP contribution is 2.21. The van der Waals surface area contributed by atoms with Crippen molar-refractivity contribution in [1.82, 2.24) is 0 Å². The van der Waals surface area contributed by atoms with Crippen molar-refractivity contribution in [3.05, 3.63) is 39.4 Å². The summed E-state index contributed by atoms with van der Waals surface area (Å²) in [6.07, 6.45) is 0.257. The molecule has 1 rings (SSSR count). The zero-order valence-corrected chi connectivity index (χ0v) is 8.11. The second-order valence-electron chi connectivity index (χ2n) is 3.20. The predicted molar refractivity (Wildman–Crippen MR) is 52.2 cm³/mol. The fourth-order valence-corrected chi connectivity index (χ4v) is 1.33. The molecule has 4 nitrogen and oxygen atoms in total. The molecule has 0 bridgehead atoms. The summed E-state index contributed by atoms with van der Waals surface area (Å²) < 4.78 is 0. The van der Waals surface area contributed by atoms with Gasteiger partial charge in [-0.25, -0.2) is 0 Å². The second-order valence-corrected chi connectivity index (χ2v) is 3.20. The monoisotopic (exact) mass is 193 g/mol. The number of ketones is 1. The van der Waals surface area contributed by atoms with Crippen LogP contribution in [0.15, 0.2) is 18.2 Å². The topological polar surface area (TPSA) is 60.2 Å². The molecule has 0 fully saturated rings. The Bertz CT molecular complexity index is 385. The third-order valence-electron chi connectivity index (χ3n) is 2.05. The lowest BCUT2D eigenvalue weighted by Crippen LogP contribution is -2.01. The first-order valence-corrected chi connectivity index (χ1v) is 4.24. The number of hydrogen-bond donors (Lipinski definition) is 0. The third kappa shape index (κ3) is 2.16. The van der Waals surface area contributed by atoms with Crippen molar-refractivity contribution in [3.8, 4) is 0 Å². The molecule has 0 aliphatic heterocycles. The van der Waals surface area contributed by atoms with Gasteiger partial charge in [-0.2, -0.15) is 0 Å². The molecule has 0 aliphatic rings. The van der Waals surface area contributed by atoms with E-state index in [0.29, 0.717) is 5.56 Å². The Kier molecular flexibility index (Phi) is 2.96. The van der Waals surface area contributed by atoms with Gasteiger partial charge in [0.15, 0.2) is 0 Å². The molecule has 1 aromatic carbocycles. The SMILES string of the molecule is CC(=O)Cc1cccc([N+](=O)[O-])c1C. The Morgan fingerprint density at radius 2 is 2.14 bits per heavy atom. The Hall–Kier alpha value is -1.71. The molecule has 0 unspecified atom stereocenters. The summed E-state index contributed by atoms with van der Waals surface area (Å²) in [6.45, 7) is 3.13. The maximum Gasteiger partial charge on any atom is 0.272 e. The summed E-state index contributed by atoms with van der Waals surface area (Å²) in [5.74, 6) is 0.00796. The van der Waals surface area contributed by atoms with Crippen LogP contribution < -0.4 is 0 Å². The highest BCUT2D eigenvalue weighted by atomic mass is 16.6. The van der Waals surface area contributed by atoms with E-state index in [9.17, 15) is 14.9 Å². The molecular formula is C10H11NO3. The maximum absolute atomic E-state index is 10.9. The molecule has 0 saturated carbocycles. The molecule has 0 amide bonds. The molecule has 0 N–H and O–H groups in total. The van der Waals surface area contributed by atoms with Crippen molar-refractivity contribution in [2.75, 3.05) is 0 Å². The van der Waals surface area contributed by atoms with Crippen LogP contribution in [0.3, 0.4) is 0 Å². The molecule has 74 valence electrons. The van der Waals surface area contributed by atoms with Crippen LogP contribution in [0.25, 0.3) is 0 Å². The van der Waals surface area contributed by atoms with Crippen molar-refractivity contribution in [2.45, 2.75) is 20.3 Å². The Labute approximate surface area is 81.7 Å². The summed E-state index contributed by atoms with van der Waals surface area (Å²) in [7, 11) is 0. The van der Waals surface area contributed by atoms with Gasteiger partial charge in [-0.15, -0.1) is 0 Å². The van der Waals surface area contributed by atoms with Crippen LogP contribution in [0.4, 0.5) is 5.69 Å². The smallest absolute Gasteiger partial charge is 0.272 e. The van der Waals surface area contributed by atoms with Crippen LogP contribution in [0, 0.1) is 17.0 Å². The van der Waals surface area contributed by atoms with Gasteiger partial charge in [-0.05, 0) is 19.4 Å². The number of Topliss-reactive ketones (excluding diaryl/α,β-unsaturated/α-hetero) is 1. The molecule has 0 spiro atoms. The van der Waals surface area contributed by atoms with E-state index in [4.69, 9.17) is 0 Å². The van der Waals surface area contributed by atoms with Crippen LogP contribution >= 0.6 is 0 Å². The minimum Gasteiger partial charge on any atom is -0.300 e. The van der Waals surface area contributed by atoms with Gasteiger partial charge < -0.3 is 0 Å². The fraction of sp³-hybridized carbons (Fsp3) is 0.300. The van der Waals surface area contributed by atoms with Gasteiger partial charge in [0.2, 0.25) is 0 Å². The second kappa shape index (κ2) is 4.00. The summed E-state index contributed by atoms with van der Waals surface area (Å²) >= 11 is 0. The summed E-state index contributed by atoms with van der Waals surface area (Å²) in [5.41, 5.74) is 1.38. The van der Waals surface area contributed by atoms with Crippen LogP contribution in [-0.2, 0) is 11.2 Å². The van der Waals surface area contributed by atoms with Gasteiger partial charge in [0, 0.05) is 18.1 Å². The van der Waals surface area contributed by atoms with E-state index in [1.54, 1.807) is 19.1 Å². The quantitative estimate of drug-likeness (QED) is 0.545. The minimum atomic E-state index is -0.432. The van der Waals surface area contributed by atoms with Gasteiger partial charge in [0.25, 0.3) is 5.69 Å². The van der Waals surface area contributed by atoms with Gasteiger partial charge in [0.1, 0.15) is 5.78 Å². The lowest BCUT2D eigenvalue weighted by atomic mass is 10.0. The zero-order chi connectivity index (χ0) is 10.7. The van der Waals surface area contributed by atoms with Crippen LogP contribution in [0.5, 0.6) is 0 Å². The van der Waals surface area contributed by atoms with Crippen molar-refractivity contribution in [2.24, 2.45) is 0 Å². The maximum atomic E-state index is 10.9. The Morgan fingerprint density at radius 3 is 2.64 bits per heavy atom. The highest BCUT2D eigenvalue weighted by molar-refractivity contribution is 5.78. The van der Waals surface area contributed by atoms with Gasteiger partial charge in [-0.3, -0.25) is 14.9 Å². The van der Waals surface area contributed by atoms with E-state index in [0.717, 1.165) is 5.56 Å². The first-order chi connectivity index (χ1) is 6.52. The average Bonchev–Trinajstić information content (AvgIpc) is 2.07. The molecule has 0 radical (unpaired) electrons. The van der Waals surface area contributed by atoms with Crippen molar-refractivity contribution >= 4 is 11.5 Å². The number of carbonyl (C=O) groups is 1. The minimum absolute atomic E-state index is 0.00796. The summed E-state index contributed by atoms with van der Waals surface area (Å²) in [6, 6.07) is 4.78. The van der Waals surface area contributed by atoms with Crippen molar-refractivity contribution in [3.63, 3.8) is 0 Å². The molecule has 0 atom stereocenters. The number of rotatable bonds is 3. The highest BCUT2D eigenvalue weighted by Gasteiger charge is 2.13. The van der Waals surface area contributed by atoms with E-state index >= 15 is 0 Å². The Balaban J connectivity index is 3.13.